The smallest absolute Gasteiger partial charge is 0.0104 e. The zero-order chi connectivity index (χ0) is 11.0. The molecule has 0 aliphatic carbocycles. The van der Waals surface area contributed by atoms with Gasteiger partial charge in [0.1, 0.15) is 0 Å². The average molecular weight is 201 g/mol. The third-order valence-electron chi connectivity index (χ3n) is 2.48. The van der Waals surface area contributed by atoms with E-state index in [-0.39, 0.29) is 0 Å². The number of nitrogens with zero attached hydrogens (tertiary/aromatic N) is 1. The summed E-state index contributed by atoms with van der Waals surface area (Å²) in [5.41, 5.74) is 0. The van der Waals surface area contributed by atoms with Crippen LogP contribution < -0.4 is 10.6 Å². The van der Waals surface area contributed by atoms with Crippen molar-refractivity contribution in [2.45, 2.75) is 39.3 Å². The van der Waals surface area contributed by atoms with Crippen LogP contribution in [0.4, 0.5) is 0 Å². The first-order chi connectivity index (χ1) is 6.56. The van der Waals surface area contributed by atoms with Gasteiger partial charge in [-0.25, -0.2) is 0 Å². The maximum Gasteiger partial charge on any atom is 0.0104 e. The molecule has 0 saturated carbocycles. The van der Waals surface area contributed by atoms with Crippen molar-refractivity contribution < 1.29 is 0 Å². The van der Waals surface area contributed by atoms with Crippen LogP contribution in [0.15, 0.2) is 0 Å². The predicted molar refractivity (Wildman–Crippen MR) is 63.8 cm³/mol. The molecule has 0 aromatic heterocycles. The van der Waals surface area contributed by atoms with Gasteiger partial charge in [0, 0.05) is 25.2 Å². The lowest BCUT2D eigenvalue weighted by Gasteiger charge is -2.19. The maximum atomic E-state index is 3.42. The standard InChI is InChI=1S/C11H27N3/c1-10(2)13-7-9-14(5)8-6-11(3)12-4/h10-13H,6-9H2,1-5H3. The van der Waals surface area contributed by atoms with E-state index in [2.05, 4.69) is 43.4 Å². The van der Waals surface area contributed by atoms with E-state index in [0.29, 0.717) is 12.1 Å². The summed E-state index contributed by atoms with van der Waals surface area (Å²) in [6.45, 7) is 9.98. The molecule has 0 radical (unpaired) electrons. The summed E-state index contributed by atoms with van der Waals surface area (Å²) < 4.78 is 0. The number of rotatable bonds is 8. The van der Waals surface area contributed by atoms with Crippen molar-refractivity contribution in [1.29, 1.82) is 0 Å². The first kappa shape index (κ1) is 13.9. The van der Waals surface area contributed by atoms with Gasteiger partial charge in [0.15, 0.2) is 0 Å². The van der Waals surface area contributed by atoms with E-state index in [4.69, 9.17) is 0 Å². The van der Waals surface area contributed by atoms with Gasteiger partial charge >= 0.3 is 0 Å². The molecule has 3 heteroatoms. The Bertz CT molecular complexity index is 126. The fourth-order valence-corrected chi connectivity index (χ4v) is 1.21. The molecule has 0 aromatic rings. The lowest BCUT2D eigenvalue weighted by molar-refractivity contribution is 0.308. The molecule has 0 amide bonds. The van der Waals surface area contributed by atoms with E-state index in [1.54, 1.807) is 0 Å². The van der Waals surface area contributed by atoms with Crippen LogP contribution in [0.3, 0.4) is 0 Å². The Balaban J connectivity index is 3.32. The number of hydrogen-bond donors (Lipinski definition) is 2. The normalized spacial score (nSPS) is 13.9. The lowest BCUT2D eigenvalue weighted by atomic mass is 10.2. The average Bonchev–Trinajstić information content (AvgIpc) is 2.13. The topological polar surface area (TPSA) is 27.3 Å². The molecule has 0 aromatic carbocycles. The van der Waals surface area contributed by atoms with Crippen LogP contribution in [-0.4, -0.2) is 50.7 Å². The zero-order valence-electron chi connectivity index (χ0n) is 10.4. The Labute approximate surface area is 89.2 Å². The zero-order valence-corrected chi connectivity index (χ0v) is 10.4. The fourth-order valence-electron chi connectivity index (χ4n) is 1.21. The van der Waals surface area contributed by atoms with Crippen LogP contribution in [-0.2, 0) is 0 Å². The van der Waals surface area contributed by atoms with E-state index in [0.717, 1.165) is 13.1 Å². The van der Waals surface area contributed by atoms with Crippen molar-refractivity contribution in [3.63, 3.8) is 0 Å². The molecule has 0 spiro atoms. The van der Waals surface area contributed by atoms with Crippen molar-refractivity contribution in [2.24, 2.45) is 0 Å². The summed E-state index contributed by atoms with van der Waals surface area (Å²) in [6, 6.07) is 1.22. The van der Waals surface area contributed by atoms with Gasteiger partial charge < -0.3 is 15.5 Å². The molecule has 1 unspecified atom stereocenters. The van der Waals surface area contributed by atoms with Crippen LogP contribution in [0, 0.1) is 0 Å². The highest BCUT2D eigenvalue weighted by Crippen LogP contribution is 1.92. The highest BCUT2D eigenvalue weighted by atomic mass is 15.1. The van der Waals surface area contributed by atoms with Crippen LogP contribution in [0.25, 0.3) is 0 Å². The van der Waals surface area contributed by atoms with Crippen molar-refractivity contribution in [2.75, 3.05) is 33.7 Å². The first-order valence-corrected chi connectivity index (χ1v) is 5.65. The minimum Gasteiger partial charge on any atom is -0.317 e. The van der Waals surface area contributed by atoms with Crippen molar-refractivity contribution in [1.82, 2.24) is 15.5 Å². The maximum absolute atomic E-state index is 3.42. The molecule has 0 heterocycles. The molecule has 1 atom stereocenters. The molecular formula is C11H27N3. The molecule has 0 fully saturated rings. The van der Waals surface area contributed by atoms with E-state index in [1.807, 2.05) is 7.05 Å². The summed E-state index contributed by atoms with van der Waals surface area (Å²) in [6.07, 6.45) is 1.22. The summed E-state index contributed by atoms with van der Waals surface area (Å²) in [5.74, 6) is 0. The second-order valence-corrected chi connectivity index (χ2v) is 4.39. The Morgan fingerprint density at radius 3 is 2.29 bits per heavy atom. The minimum atomic E-state index is 0.597. The number of likely N-dealkylation sites (N-methyl/N-ethyl adjacent to an activating group) is 1. The van der Waals surface area contributed by atoms with Gasteiger partial charge in [-0.1, -0.05) is 13.8 Å². The second kappa shape index (κ2) is 8.21. The van der Waals surface area contributed by atoms with Crippen LogP contribution in [0.2, 0.25) is 0 Å². The summed E-state index contributed by atoms with van der Waals surface area (Å²) in [4.78, 5) is 2.38. The van der Waals surface area contributed by atoms with Crippen molar-refractivity contribution >= 4 is 0 Å². The van der Waals surface area contributed by atoms with Gasteiger partial charge in [-0.05, 0) is 34.0 Å². The van der Waals surface area contributed by atoms with E-state index < -0.39 is 0 Å². The quantitative estimate of drug-likeness (QED) is 0.611. The molecule has 86 valence electrons. The van der Waals surface area contributed by atoms with Gasteiger partial charge in [-0.2, -0.15) is 0 Å². The molecule has 0 aliphatic rings. The Morgan fingerprint density at radius 1 is 1.14 bits per heavy atom. The van der Waals surface area contributed by atoms with E-state index in [1.165, 1.54) is 13.0 Å². The van der Waals surface area contributed by atoms with Crippen LogP contribution in [0.5, 0.6) is 0 Å². The molecule has 0 rings (SSSR count). The summed E-state index contributed by atoms with van der Waals surface area (Å²) >= 11 is 0. The van der Waals surface area contributed by atoms with E-state index >= 15 is 0 Å². The Kier molecular flexibility index (Phi) is 8.14. The van der Waals surface area contributed by atoms with Gasteiger partial charge in [0.05, 0.1) is 0 Å². The van der Waals surface area contributed by atoms with Crippen molar-refractivity contribution in [3.05, 3.63) is 0 Å². The van der Waals surface area contributed by atoms with Gasteiger partial charge in [-0.3, -0.25) is 0 Å². The Morgan fingerprint density at radius 2 is 1.79 bits per heavy atom. The largest absolute Gasteiger partial charge is 0.317 e. The molecule has 2 N–H and O–H groups in total. The third kappa shape index (κ3) is 8.48. The highest BCUT2D eigenvalue weighted by Gasteiger charge is 2.02. The molecule has 3 nitrogen and oxygen atoms in total. The number of nitrogens with one attached hydrogen (secondary N) is 2. The first-order valence-electron chi connectivity index (χ1n) is 5.65. The lowest BCUT2D eigenvalue weighted by Crippen LogP contribution is -2.35. The van der Waals surface area contributed by atoms with Gasteiger partial charge in [-0.15, -0.1) is 0 Å². The van der Waals surface area contributed by atoms with Crippen LogP contribution >= 0.6 is 0 Å². The van der Waals surface area contributed by atoms with Crippen LogP contribution in [0.1, 0.15) is 27.2 Å². The third-order valence-corrected chi connectivity index (χ3v) is 2.48. The summed E-state index contributed by atoms with van der Waals surface area (Å²) in [5, 5.41) is 6.67. The minimum absolute atomic E-state index is 0.597. The SMILES string of the molecule is CNC(C)CCN(C)CCNC(C)C. The molecule has 0 saturated heterocycles. The number of hydrogen-bond acceptors (Lipinski definition) is 3. The molecule has 0 bridgehead atoms. The predicted octanol–water partition coefficient (Wildman–Crippen LogP) is 0.914. The highest BCUT2D eigenvalue weighted by molar-refractivity contribution is 4.62. The van der Waals surface area contributed by atoms with E-state index in [9.17, 15) is 0 Å². The summed E-state index contributed by atoms with van der Waals surface area (Å²) in [7, 11) is 4.20. The van der Waals surface area contributed by atoms with Gasteiger partial charge in [0.2, 0.25) is 0 Å². The molecule has 14 heavy (non-hydrogen) atoms. The second-order valence-electron chi connectivity index (χ2n) is 4.39. The monoisotopic (exact) mass is 201 g/mol. The Hall–Kier alpha value is -0.120. The molecule has 0 aliphatic heterocycles. The fraction of sp³-hybridized carbons (Fsp3) is 1.00. The molecular weight excluding hydrogens is 174 g/mol. The van der Waals surface area contributed by atoms with Crippen molar-refractivity contribution in [3.8, 4) is 0 Å². The van der Waals surface area contributed by atoms with Gasteiger partial charge in [0.25, 0.3) is 0 Å².